The van der Waals surface area contributed by atoms with Crippen LogP contribution in [-0.4, -0.2) is 44.5 Å². The highest BCUT2D eigenvalue weighted by Gasteiger charge is 2.30. The molecule has 4 nitrogen and oxygen atoms in total. The topological polar surface area (TPSA) is 63.4 Å². The summed E-state index contributed by atoms with van der Waals surface area (Å²) in [6.07, 6.45) is 0.633. The van der Waals surface area contributed by atoms with Gasteiger partial charge in [0.15, 0.2) is 9.84 Å². The molecule has 1 aromatic carbocycles. The van der Waals surface area contributed by atoms with E-state index in [1.807, 2.05) is 18.0 Å². The van der Waals surface area contributed by atoms with E-state index in [9.17, 15) is 12.8 Å². The first-order valence-electron chi connectivity index (χ1n) is 6.79. The van der Waals surface area contributed by atoms with E-state index in [0.29, 0.717) is 18.5 Å². The molecule has 0 saturated carbocycles. The lowest BCUT2D eigenvalue weighted by Gasteiger charge is -2.23. The van der Waals surface area contributed by atoms with Gasteiger partial charge >= 0.3 is 0 Å². The number of nitrogens with two attached hydrogens (primary N) is 1. The van der Waals surface area contributed by atoms with Crippen molar-refractivity contribution >= 4 is 9.84 Å². The molecule has 6 heteroatoms. The fourth-order valence-electron chi connectivity index (χ4n) is 2.51. The molecule has 2 rings (SSSR count). The standard InChI is InChI=1S/C15H19FN2O2S/c1-18(15-4-6-21(19,20)11-15)10-13-7-12(3-2-5-17)8-14(16)9-13/h7-9,15H,4-6,10-11,17H2,1H3. The molecule has 1 atom stereocenters. The Balaban J connectivity index is 2.10. The van der Waals surface area contributed by atoms with Gasteiger partial charge in [0.25, 0.3) is 0 Å². The number of hydrogen-bond acceptors (Lipinski definition) is 4. The summed E-state index contributed by atoms with van der Waals surface area (Å²) in [4.78, 5) is 1.96. The molecule has 0 bridgehead atoms. The van der Waals surface area contributed by atoms with Crippen LogP contribution in [0, 0.1) is 17.7 Å². The summed E-state index contributed by atoms with van der Waals surface area (Å²) in [6, 6.07) is 4.63. The zero-order valence-corrected chi connectivity index (χ0v) is 12.8. The Morgan fingerprint density at radius 2 is 2.19 bits per heavy atom. The largest absolute Gasteiger partial charge is 0.320 e. The SMILES string of the molecule is CN(Cc1cc(F)cc(C#CCN)c1)C1CCS(=O)(=O)C1. The highest BCUT2D eigenvalue weighted by atomic mass is 32.2. The van der Waals surface area contributed by atoms with Crippen LogP contribution >= 0.6 is 0 Å². The molecule has 1 fully saturated rings. The third-order valence-corrected chi connectivity index (χ3v) is 5.31. The van der Waals surface area contributed by atoms with Crippen molar-refractivity contribution in [1.29, 1.82) is 0 Å². The molecule has 2 N–H and O–H groups in total. The molecular weight excluding hydrogens is 291 g/mol. The lowest BCUT2D eigenvalue weighted by molar-refractivity contribution is 0.253. The van der Waals surface area contributed by atoms with Gasteiger partial charge < -0.3 is 5.73 Å². The fraction of sp³-hybridized carbons (Fsp3) is 0.467. The monoisotopic (exact) mass is 310 g/mol. The maximum atomic E-state index is 13.6. The van der Waals surface area contributed by atoms with Crippen LogP contribution < -0.4 is 5.73 Å². The molecule has 1 aliphatic heterocycles. The molecular formula is C15H19FN2O2S. The Hall–Kier alpha value is -1.42. The predicted molar refractivity (Wildman–Crippen MR) is 80.9 cm³/mol. The second-order valence-corrected chi connectivity index (χ2v) is 7.55. The lowest BCUT2D eigenvalue weighted by atomic mass is 10.1. The maximum Gasteiger partial charge on any atom is 0.151 e. The first-order valence-corrected chi connectivity index (χ1v) is 8.61. The van der Waals surface area contributed by atoms with Crippen LogP contribution in [0.25, 0.3) is 0 Å². The summed E-state index contributed by atoms with van der Waals surface area (Å²) >= 11 is 0. The van der Waals surface area contributed by atoms with Crippen molar-refractivity contribution in [1.82, 2.24) is 4.90 Å². The highest BCUT2D eigenvalue weighted by molar-refractivity contribution is 7.91. The van der Waals surface area contributed by atoms with Gasteiger partial charge in [-0.3, -0.25) is 4.90 Å². The number of sulfone groups is 1. The van der Waals surface area contributed by atoms with E-state index in [0.717, 1.165) is 5.56 Å². The Morgan fingerprint density at radius 1 is 1.43 bits per heavy atom. The summed E-state index contributed by atoms with van der Waals surface area (Å²) in [6.45, 7) is 0.723. The van der Waals surface area contributed by atoms with Gasteiger partial charge in [0.1, 0.15) is 5.82 Å². The van der Waals surface area contributed by atoms with Crippen LogP contribution in [0.5, 0.6) is 0 Å². The second kappa shape index (κ2) is 6.56. The number of hydrogen-bond donors (Lipinski definition) is 1. The highest BCUT2D eigenvalue weighted by Crippen LogP contribution is 2.19. The maximum absolute atomic E-state index is 13.6. The van der Waals surface area contributed by atoms with Gasteiger partial charge in [-0.15, -0.1) is 0 Å². The van der Waals surface area contributed by atoms with Crippen LogP contribution in [0.3, 0.4) is 0 Å². The average molecular weight is 310 g/mol. The van der Waals surface area contributed by atoms with Crippen molar-refractivity contribution in [3.8, 4) is 11.8 Å². The zero-order chi connectivity index (χ0) is 15.5. The van der Waals surface area contributed by atoms with Gasteiger partial charge in [0, 0.05) is 18.2 Å². The lowest BCUT2D eigenvalue weighted by Crippen LogP contribution is -2.32. The third-order valence-electron chi connectivity index (χ3n) is 3.56. The van der Waals surface area contributed by atoms with Gasteiger partial charge in [-0.1, -0.05) is 11.8 Å². The molecule has 0 radical (unpaired) electrons. The van der Waals surface area contributed by atoms with Crippen molar-refractivity contribution in [2.75, 3.05) is 25.1 Å². The predicted octanol–water partition coefficient (Wildman–Crippen LogP) is 0.755. The van der Waals surface area contributed by atoms with E-state index in [-0.39, 0.29) is 29.9 Å². The van der Waals surface area contributed by atoms with Crippen molar-refractivity contribution in [3.63, 3.8) is 0 Å². The normalized spacial score (nSPS) is 20.3. The van der Waals surface area contributed by atoms with Gasteiger partial charge in [-0.25, -0.2) is 12.8 Å². The molecule has 1 unspecified atom stereocenters. The van der Waals surface area contributed by atoms with E-state index >= 15 is 0 Å². The van der Waals surface area contributed by atoms with E-state index in [1.54, 1.807) is 0 Å². The summed E-state index contributed by atoms with van der Waals surface area (Å²) in [7, 11) is -1.05. The molecule has 21 heavy (non-hydrogen) atoms. The molecule has 0 aromatic heterocycles. The number of halogens is 1. The smallest absolute Gasteiger partial charge is 0.151 e. The zero-order valence-electron chi connectivity index (χ0n) is 12.0. The van der Waals surface area contributed by atoms with Crippen molar-refractivity contribution in [2.45, 2.75) is 19.0 Å². The Kier molecular flexibility index (Phi) is 4.99. The van der Waals surface area contributed by atoms with Gasteiger partial charge in [0.2, 0.25) is 0 Å². The molecule has 1 aliphatic rings. The van der Waals surface area contributed by atoms with Crippen LogP contribution in [-0.2, 0) is 16.4 Å². The van der Waals surface area contributed by atoms with Gasteiger partial charge in [-0.05, 0) is 37.2 Å². The van der Waals surface area contributed by atoms with Crippen LogP contribution in [0.15, 0.2) is 18.2 Å². The minimum Gasteiger partial charge on any atom is -0.320 e. The molecule has 1 saturated heterocycles. The first-order chi connectivity index (χ1) is 9.89. The minimum atomic E-state index is -2.91. The van der Waals surface area contributed by atoms with E-state index in [4.69, 9.17) is 5.73 Å². The van der Waals surface area contributed by atoms with E-state index in [2.05, 4.69) is 11.8 Å². The summed E-state index contributed by atoms with van der Waals surface area (Å²) in [5.41, 5.74) is 6.68. The van der Waals surface area contributed by atoms with Crippen molar-refractivity contribution in [2.24, 2.45) is 5.73 Å². The van der Waals surface area contributed by atoms with E-state index in [1.165, 1.54) is 12.1 Å². The van der Waals surface area contributed by atoms with Crippen LogP contribution in [0.4, 0.5) is 4.39 Å². The van der Waals surface area contributed by atoms with E-state index < -0.39 is 9.84 Å². The number of benzene rings is 1. The first kappa shape index (κ1) is 16.0. The molecule has 0 spiro atoms. The van der Waals surface area contributed by atoms with Gasteiger partial charge in [-0.2, -0.15) is 0 Å². The fourth-order valence-corrected chi connectivity index (χ4v) is 4.31. The molecule has 0 aliphatic carbocycles. The number of rotatable bonds is 3. The quantitative estimate of drug-likeness (QED) is 0.837. The Bertz CT molecular complexity index is 677. The Labute approximate surface area is 125 Å². The molecule has 1 aromatic rings. The molecule has 0 amide bonds. The number of nitrogens with zero attached hydrogens (tertiary/aromatic N) is 1. The van der Waals surface area contributed by atoms with Gasteiger partial charge in [0.05, 0.1) is 18.1 Å². The molecule has 114 valence electrons. The second-order valence-electron chi connectivity index (χ2n) is 5.33. The van der Waals surface area contributed by atoms with Crippen LogP contribution in [0.2, 0.25) is 0 Å². The average Bonchev–Trinajstić information content (AvgIpc) is 2.76. The van der Waals surface area contributed by atoms with Crippen molar-refractivity contribution < 1.29 is 12.8 Å². The van der Waals surface area contributed by atoms with Crippen LogP contribution in [0.1, 0.15) is 17.5 Å². The summed E-state index contributed by atoms with van der Waals surface area (Å²) in [5.74, 6) is 5.58. The Morgan fingerprint density at radius 3 is 2.81 bits per heavy atom. The molecule has 1 heterocycles. The summed E-state index contributed by atoms with van der Waals surface area (Å²) in [5, 5.41) is 0. The third kappa shape index (κ3) is 4.53. The summed E-state index contributed by atoms with van der Waals surface area (Å²) < 4.78 is 36.6. The van der Waals surface area contributed by atoms with Crippen molar-refractivity contribution in [3.05, 3.63) is 35.1 Å². The minimum absolute atomic E-state index is 0.00292.